The molecule has 1 aliphatic carbocycles. The summed E-state index contributed by atoms with van der Waals surface area (Å²) in [7, 11) is 0. The molecule has 0 amide bonds. The standard InChI is InChI=1S/C27H36F2N6O/c1-3-18(2)20-10-8-19(9-11-20)17-30-23-16-24(33-27(32-23)34-12-14-36-15-13-34)35-22-7-5-4-6-21(22)31-26(35)25(28)29/h4-7,16,18-20,25H,3,8-15,17H2,1-2H3,(H,30,32,33). The number of fused-ring (bicyclic) bond motifs is 1. The molecule has 3 aromatic rings. The van der Waals surface area contributed by atoms with Gasteiger partial charge in [0.1, 0.15) is 11.6 Å². The fourth-order valence-corrected chi connectivity index (χ4v) is 5.51. The molecule has 2 fully saturated rings. The van der Waals surface area contributed by atoms with Crippen molar-refractivity contribution < 1.29 is 13.5 Å². The molecule has 1 saturated heterocycles. The number of hydrogen-bond donors (Lipinski definition) is 1. The van der Waals surface area contributed by atoms with Crippen LogP contribution in [0, 0.1) is 17.8 Å². The van der Waals surface area contributed by atoms with Crippen molar-refractivity contribution in [1.82, 2.24) is 19.5 Å². The molecule has 194 valence electrons. The van der Waals surface area contributed by atoms with Crippen LogP contribution in [-0.2, 0) is 4.74 Å². The largest absolute Gasteiger partial charge is 0.378 e. The molecule has 2 aromatic heterocycles. The van der Waals surface area contributed by atoms with Gasteiger partial charge in [0.05, 0.1) is 24.2 Å². The Kier molecular flexibility index (Phi) is 7.65. The van der Waals surface area contributed by atoms with E-state index >= 15 is 0 Å². The van der Waals surface area contributed by atoms with Crippen LogP contribution >= 0.6 is 0 Å². The van der Waals surface area contributed by atoms with E-state index in [1.54, 1.807) is 24.3 Å². The lowest BCUT2D eigenvalue weighted by atomic mass is 9.75. The summed E-state index contributed by atoms with van der Waals surface area (Å²) in [5.74, 6) is 3.47. The lowest BCUT2D eigenvalue weighted by Crippen LogP contribution is -2.37. The number of nitrogens with one attached hydrogen (secondary N) is 1. The third-order valence-electron chi connectivity index (χ3n) is 7.92. The van der Waals surface area contributed by atoms with Gasteiger partial charge in [0.15, 0.2) is 5.82 Å². The molecular weight excluding hydrogens is 462 g/mol. The number of hydrogen-bond acceptors (Lipinski definition) is 6. The van der Waals surface area contributed by atoms with Gasteiger partial charge in [-0.2, -0.15) is 9.97 Å². The summed E-state index contributed by atoms with van der Waals surface area (Å²) in [6.45, 7) is 7.97. The van der Waals surface area contributed by atoms with Crippen molar-refractivity contribution in [2.24, 2.45) is 17.8 Å². The molecule has 1 unspecified atom stereocenters. The van der Waals surface area contributed by atoms with Gasteiger partial charge in [-0.25, -0.2) is 13.8 Å². The van der Waals surface area contributed by atoms with Gasteiger partial charge in [0.2, 0.25) is 5.95 Å². The second-order valence-corrected chi connectivity index (χ2v) is 10.2. The van der Waals surface area contributed by atoms with E-state index in [1.807, 2.05) is 6.07 Å². The quantitative estimate of drug-likeness (QED) is 0.420. The maximum atomic E-state index is 14.0. The van der Waals surface area contributed by atoms with Gasteiger partial charge in [-0.15, -0.1) is 0 Å². The van der Waals surface area contributed by atoms with Crippen LogP contribution in [0.15, 0.2) is 30.3 Å². The molecular formula is C27H36F2N6O. The van der Waals surface area contributed by atoms with E-state index in [2.05, 4.69) is 29.0 Å². The number of nitrogens with zero attached hydrogens (tertiary/aromatic N) is 5. The van der Waals surface area contributed by atoms with Crippen LogP contribution < -0.4 is 10.2 Å². The molecule has 1 aromatic carbocycles. The fraction of sp³-hybridized carbons (Fsp3) is 0.593. The van der Waals surface area contributed by atoms with E-state index in [1.165, 1.54) is 36.7 Å². The van der Waals surface area contributed by atoms with Crippen LogP contribution in [0.3, 0.4) is 0 Å². The lowest BCUT2D eigenvalue weighted by Gasteiger charge is -2.32. The van der Waals surface area contributed by atoms with Crippen LogP contribution in [-0.4, -0.2) is 52.4 Å². The highest BCUT2D eigenvalue weighted by molar-refractivity contribution is 5.78. The zero-order valence-electron chi connectivity index (χ0n) is 21.2. The summed E-state index contributed by atoms with van der Waals surface area (Å²) in [5.41, 5.74) is 1.13. The Balaban J connectivity index is 1.43. The third-order valence-corrected chi connectivity index (χ3v) is 7.92. The van der Waals surface area contributed by atoms with E-state index in [-0.39, 0.29) is 5.82 Å². The number of morpholine rings is 1. The Labute approximate surface area is 211 Å². The van der Waals surface area contributed by atoms with Gasteiger partial charge in [-0.3, -0.25) is 4.57 Å². The summed E-state index contributed by atoms with van der Waals surface area (Å²) >= 11 is 0. The number of alkyl halides is 2. The first-order chi connectivity index (χ1) is 17.5. The van der Waals surface area contributed by atoms with Crippen LogP contribution in [0.2, 0.25) is 0 Å². The van der Waals surface area contributed by atoms with Crippen molar-refractivity contribution in [3.8, 4) is 5.82 Å². The number of halogens is 2. The van der Waals surface area contributed by atoms with Crippen molar-refractivity contribution in [2.75, 3.05) is 43.1 Å². The van der Waals surface area contributed by atoms with Crippen LogP contribution in [0.4, 0.5) is 20.5 Å². The topological polar surface area (TPSA) is 68.1 Å². The van der Waals surface area contributed by atoms with Gasteiger partial charge in [0, 0.05) is 25.7 Å². The van der Waals surface area contributed by atoms with Crippen LogP contribution in [0.1, 0.15) is 58.2 Å². The Hall–Kier alpha value is -2.81. The molecule has 3 heterocycles. The maximum Gasteiger partial charge on any atom is 0.296 e. The molecule has 9 heteroatoms. The van der Waals surface area contributed by atoms with E-state index in [0.29, 0.717) is 60.8 Å². The molecule has 0 spiro atoms. The summed E-state index contributed by atoms with van der Waals surface area (Å²) in [4.78, 5) is 15.8. The van der Waals surface area contributed by atoms with E-state index in [0.717, 1.165) is 18.4 Å². The zero-order valence-corrected chi connectivity index (χ0v) is 21.2. The molecule has 7 nitrogen and oxygen atoms in total. The molecule has 0 radical (unpaired) electrons. The first-order valence-electron chi connectivity index (χ1n) is 13.2. The van der Waals surface area contributed by atoms with Gasteiger partial charge in [-0.1, -0.05) is 32.4 Å². The second-order valence-electron chi connectivity index (χ2n) is 10.2. The summed E-state index contributed by atoms with van der Waals surface area (Å²) in [6, 6.07) is 8.95. The first-order valence-corrected chi connectivity index (χ1v) is 13.2. The highest BCUT2D eigenvalue weighted by Gasteiger charge is 2.26. The highest BCUT2D eigenvalue weighted by atomic mass is 19.3. The number of anilines is 2. The molecule has 36 heavy (non-hydrogen) atoms. The predicted octanol–water partition coefficient (Wildman–Crippen LogP) is 5.85. The summed E-state index contributed by atoms with van der Waals surface area (Å²) < 4.78 is 35.0. The monoisotopic (exact) mass is 498 g/mol. The summed E-state index contributed by atoms with van der Waals surface area (Å²) in [5, 5.41) is 3.52. The zero-order chi connectivity index (χ0) is 25.1. The predicted molar refractivity (Wildman–Crippen MR) is 138 cm³/mol. The average Bonchev–Trinajstić information content (AvgIpc) is 3.32. The molecule has 5 rings (SSSR count). The highest BCUT2D eigenvalue weighted by Crippen LogP contribution is 2.35. The number of benzene rings is 1. The smallest absolute Gasteiger partial charge is 0.296 e. The fourth-order valence-electron chi connectivity index (χ4n) is 5.51. The Bertz CT molecular complexity index is 1150. The van der Waals surface area contributed by atoms with E-state index in [9.17, 15) is 8.78 Å². The Morgan fingerprint density at radius 2 is 1.81 bits per heavy atom. The van der Waals surface area contributed by atoms with Crippen molar-refractivity contribution in [3.05, 3.63) is 36.2 Å². The minimum atomic E-state index is -2.73. The Morgan fingerprint density at radius 3 is 2.53 bits per heavy atom. The minimum absolute atomic E-state index is 0.308. The second kappa shape index (κ2) is 11.1. The van der Waals surface area contributed by atoms with Gasteiger partial charge in [-0.05, 0) is 55.6 Å². The molecule has 1 N–H and O–H groups in total. The average molecular weight is 499 g/mol. The number of para-hydroxylation sites is 2. The lowest BCUT2D eigenvalue weighted by molar-refractivity contribution is 0.122. The first kappa shape index (κ1) is 24.9. The van der Waals surface area contributed by atoms with Crippen molar-refractivity contribution in [1.29, 1.82) is 0 Å². The van der Waals surface area contributed by atoms with Crippen molar-refractivity contribution >= 4 is 22.8 Å². The van der Waals surface area contributed by atoms with Gasteiger partial charge < -0.3 is 15.0 Å². The molecule has 2 aliphatic rings. The Morgan fingerprint density at radius 1 is 1.06 bits per heavy atom. The molecule has 1 atom stereocenters. The van der Waals surface area contributed by atoms with E-state index < -0.39 is 6.43 Å². The van der Waals surface area contributed by atoms with Crippen molar-refractivity contribution in [2.45, 2.75) is 52.4 Å². The number of imidazole rings is 1. The molecule has 0 bridgehead atoms. The maximum absolute atomic E-state index is 14.0. The van der Waals surface area contributed by atoms with Gasteiger partial charge >= 0.3 is 0 Å². The summed E-state index contributed by atoms with van der Waals surface area (Å²) in [6.07, 6.45) is 3.47. The number of rotatable bonds is 8. The SMILES string of the molecule is CCC(C)C1CCC(CNc2cc(-n3c(C(F)F)nc4ccccc43)nc(N3CCOCC3)n2)CC1. The normalized spacial score (nSPS) is 21.8. The number of aromatic nitrogens is 4. The van der Waals surface area contributed by atoms with Gasteiger partial charge in [0.25, 0.3) is 6.43 Å². The molecule has 1 aliphatic heterocycles. The molecule has 1 saturated carbocycles. The van der Waals surface area contributed by atoms with E-state index in [4.69, 9.17) is 14.7 Å². The third kappa shape index (κ3) is 5.31. The minimum Gasteiger partial charge on any atom is -0.378 e. The van der Waals surface area contributed by atoms with Crippen LogP contribution in [0.25, 0.3) is 16.9 Å². The van der Waals surface area contributed by atoms with Crippen molar-refractivity contribution in [3.63, 3.8) is 0 Å². The van der Waals surface area contributed by atoms with Crippen LogP contribution in [0.5, 0.6) is 0 Å². The number of ether oxygens (including phenoxy) is 1.